The van der Waals surface area contributed by atoms with Gasteiger partial charge in [-0.2, -0.15) is 0 Å². The Morgan fingerprint density at radius 1 is 0.879 bits per heavy atom. The molecular weight excluding hydrogens is 421 g/mol. The fourth-order valence-corrected chi connectivity index (χ4v) is 3.34. The van der Waals surface area contributed by atoms with E-state index in [4.69, 9.17) is 10.5 Å². The fraction of sp³-hybridized carbons (Fsp3) is 0.480. The Morgan fingerprint density at radius 3 is 2.21 bits per heavy atom. The zero-order valence-electron chi connectivity index (χ0n) is 19.6. The first-order valence-electron chi connectivity index (χ1n) is 11.7. The summed E-state index contributed by atoms with van der Waals surface area (Å²) in [5.74, 6) is -1.05. The van der Waals surface area contributed by atoms with Gasteiger partial charge in [0, 0.05) is 13.1 Å². The molecule has 2 aromatic rings. The van der Waals surface area contributed by atoms with Crippen LogP contribution in [0.5, 0.6) is 0 Å². The van der Waals surface area contributed by atoms with Gasteiger partial charge in [-0.1, -0.05) is 30.3 Å². The normalized spacial score (nSPS) is 10.8. The maximum Gasteiger partial charge on any atom is 0.340 e. The van der Waals surface area contributed by atoms with Gasteiger partial charge in [-0.15, -0.1) is 0 Å². The molecule has 0 atom stereocenters. The Hall–Kier alpha value is -2.68. The van der Waals surface area contributed by atoms with Crippen LogP contribution in [0.3, 0.4) is 0 Å². The number of esters is 1. The number of carbonyl (C=O) groups excluding carboxylic acids is 1. The van der Waals surface area contributed by atoms with E-state index in [1.807, 2.05) is 30.3 Å². The number of anilines is 2. The number of ether oxygens (including phenoxy) is 1. The van der Waals surface area contributed by atoms with Gasteiger partial charge < -0.3 is 31.7 Å². The van der Waals surface area contributed by atoms with Crippen molar-refractivity contribution in [3.63, 3.8) is 0 Å². The maximum atomic E-state index is 14.6. The Bertz CT molecular complexity index is 820. The molecule has 33 heavy (non-hydrogen) atoms. The van der Waals surface area contributed by atoms with Crippen LogP contribution in [0.1, 0.15) is 41.6 Å². The number of unbranched alkanes of at least 4 members (excludes halogenated alkanes) is 1. The van der Waals surface area contributed by atoms with Crippen molar-refractivity contribution < 1.29 is 13.9 Å². The standard InChI is InChI=1S/C25H38FN5O2/c1-33-25(32)21-17-22(26)24(18-23(21)31-19-20-9-3-2-4-10-20)30-16-8-15-29-13-6-5-12-28-14-7-11-27/h2-4,9-10,17-18,28-31H,5-8,11-16,19,27H2,1H3. The third kappa shape index (κ3) is 10.2. The van der Waals surface area contributed by atoms with Crippen molar-refractivity contribution in [3.8, 4) is 0 Å². The number of methoxy groups -OCH3 is 1. The molecule has 0 aliphatic carbocycles. The molecule has 0 fully saturated rings. The molecule has 6 N–H and O–H groups in total. The minimum Gasteiger partial charge on any atom is -0.465 e. The summed E-state index contributed by atoms with van der Waals surface area (Å²) >= 11 is 0. The highest BCUT2D eigenvalue weighted by Gasteiger charge is 2.16. The van der Waals surface area contributed by atoms with Crippen molar-refractivity contribution in [1.82, 2.24) is 10.6 Å². The van der Waals surface area contributed by atoms with Gasteiger partial charge >= 0.3 is 5.97 Å². The van der Waals surface area contributed by atoms with Crippen LogP contribution in [0.25, 0.3) is 0 Å². The smallest absolute Gasteiger partial charge is 0.340 e. The molecule has 0 saturated heterocycles. The first-order chi connectivity index (χ1) is 16.2. The molecule has 0 bridgehead atoms. The second kappa shape index (κ2) is 16.0. The number of halogens is 1. The molecule has 0 aliphatic rings. The topological polar surface area (TPSA) is 100 Å². The molecule has 2 rings (SSSR count). The second-order valence-electron chi connectivity index (χ2n) is 7.84. The number of nitrogens with one attached hydrogen (secondary N) is 4. The summed E-state index contributed by atoms with van der Waals surface area (Å²) in [6.07, 6.45) is 4.12. The monoisotopic (exact) mass is 459 g/mol. The van der Waals surface area contributed by atoms with E-state index in [0.717, 1.165) is 64.0 Å². The Kier molecular flexibility index (Phi) is 12.9. The SMILES string of the molecule is COC(=O)c1cc(F)c(NCCCNCCCCNCCCN)cc1NCc1ccccc1. The number of carbonyl (C=O) groups is 1. The van der Waals surface area contributed by atoms with Gasteiger partial charge in [0.15, 0.2) is 0 Å². The summed E-state index contributed by atoms with van der Waals surface area (Å²) in [5, 5.41) is 13.2. The lowest BCUT2D eigenvalue weighted by molar-refractivity contribution is 0.0601. The molecule has 0 spiro atoms. The van der Waals surface area contributed by atoms with Crippen molar-refractivity contribution in [1.29, 1.82) is 0 Å². The summed E-state index contributed by atoms with van der Waals surface area (Å²) < 4.78 is 19.4. The van der Waals surface area contributed by atoms with Crippen molar-refractivity contribution in [3.05, 3.63) is 59.4 Å². The summed E-state index contributed by atoms with van der Waals surface area (Å²) in [7, 11) is 1.29. The summed E-state index contributed by atoms with van der Waals surface area (Å²) in [6, 6.07) is 12.7. The van der Waals surface area contributed by atoms with Crippen LogP contribution in [0.2, 0.25) is 0 Å². The van der Waals surface area contributed by atoms with E-state index in [0.29, 0.717) is 24.5 Å². The third-order valence-electron chi connectivity index (χ3n) is 5.20. The molecule has 0 saturated carbocycles. The largest absolute Gasteiger partial charge is 0.465 e. The Morgan fingerprint density at radius 2 is 1.55 bits per heavy atom. The third-order valence-corrected chi connectivity index (χ3v) is 5.20. The van der Waals surface area contributed by atoms with E-state index in [2.05, 4.69) is 21.3 Å². The average molecular weight is 460 g/mol. The number of hydrogen-bond donors (Lipinski definition) is 5. The van der Waals surface area contributed by atoms with Crippen molar-refractivity contribution >= 4 is 17.3 Å². The van der Waals surface area contributed by atoms with Gasteiger partial charge in [-0.05, 0) is 76.1 Å². The molecule has 8 heteroatoms. The van der Waals surface area contributed by atoms with Gasteiger partial charge in [-0.25, -0.2) is 9.18 Å². The zero-order valence-corrected chi connectivity index (χ0v) is 19.6. The molecule has 2 aromatic carbocycles. The van der Waals surface area contributed by atoms with Gasteiger partial charge in [0.05, 0.1) is 24.0 Å². The number of nitrogens with two attached hydrogens (primary N) is 1. The minimum absolute atomic E-state index is 0.177. The molecule has 0 heterocycles. The van der Waals surface area contributed by atoms with Gasteiger partial charge in [0.25, 0.3) is 0 Å². The van der Waals surface area contributed by atoms with Crippen LogP contribution < -0.4 is 27.0 Å². The second-order valence-corrected chi connectivity index (χ2v) is 7.84. The quantitative estimate of drug-likeness (QED) is 0.183. The van der Waals surface area contributed by atoms with Crippen LogP contribution in [0.4, 0.5) is 15.8 Å². The molecule has 0 radical (unpaired) electrons. The van der Waals surface area contributed by atoms with Gasteiger partial charge in [0.1, 0.15) is 5.82 Å². The van der Waals surface area contributed by atoms with E-state index in [1.165, 1.54) is 13.2 Å². The summed E-state index contributed by atoms with van der Waals surface area (Å²) in [4.78, 5) is 12.1. The van der Waals surface area contributed by atoms with Crippen LogP contribution in [-0.2, 0) is 11.3 Å². The molecule has 0 aliphatic heterocycles. The summed E-state index contributed by atoms with van der Waals surface area (Å²) in [6.45, 7) is 5.69. The van der Waals surface area contributed by atoms with E-state index < -0.39 is 11.8 Å². The van der Waals surface area contributed by atoms with Crippen LogP contribution in [0, 0.1) is 5.82 Å². The predicted octanol–water partition coefficient (Wildman–Crippen LogP) is 3.33. The molecule has 0 unspecified atom stereocenters. The maximum absolute atomic E-state index is 14.6. The first-order valence-corrected chi connectivity index (χ1v) is 11.7. The molecular formula is C25H38FN5O2. The van der Waals surface area contributed by atoms with Crippen LogP contribution in [-0.4, -0.2) is 52.3 Å². The minimum atomic E-state index is -0.574. The first kappa shape index (κ1) is 26.6. The number of rotatable bonds is 17. The lowest BCUT2D eigenvalue weighted by Crippen LogP contribution is -2.22. The average Bonchev–Trinajstić information content (AvgIpc) is 2.84. The summed E-state index contributed by atoms with van der Waals surface area (Å²) in [5.41, 5.74) is 7.60. The zero-order chi connectivity index (χ0) is 23.7. The van der Waals surface area contributed by atoms with E-state index in [9.17, 15) is 9.18 Å². The predicted molar refractivity (Wildman–Crippen MR) is 133 cm³/mol. The molecule has 0 amide bonds. The number of hydrogen-bond acceptors (Lipinski definition) is 7. The lowest BCUT2D eigenvalue weighted by atomic mass is 10.1. The van der Waals surface area contributed by atoms with E-state index in [-0.39, 0.29) is 5.56 Å². The fourth-order valence-electron chi connectivity index (χ4n) is 3.34. The molecule has 0 aromatic heterocycles. The van der Waals surface area contributed by atoms with E-state index in [1.54, 1.807) is 6.07 Å². The number of benzene rings is 2. The van der Waals surface area contributed by atoms with Crippen molar-refractivity contribution in [2.75, 3.05) is 57.0 Å². The van der Waals surface area contributed by atoms with Gasteiger partial charge in [-0.3, -0.25) is 0 Å². The van der Waals surface area contributed by atoms with Crippen LogP contribution in [0.15, 0.2) is 42.5 Å². The van der Waals surface area contributed by atoms with Gasteiger partial charge in [0.2, 0.25) is 0 Å². The highest BCUT2D eigenvalue weighted by molar-refractivity contribution is 5.96. The van der Waals surface area contributed by atoms with E-state index >= 15 is 0 Å². The Balaban J connectivity index is 1.76. The Labute approximate surface area is 196 Å². The van der Waals surface area contributed by atoms with Crippen LogP contribution >= 0.6 is 0 Å². The molecule has 182 valence electrons. The molecule has 7 nitrogen and oxygen atoms in total. The van der Waals surface area contributed by atoms with Crippen molar-refractivity contribution in [2.45, 2.75) is 32.2 Å². The highest BCUT2D eigenvalue weighted by Crippen LogP contribution is 2.26. The van der Waals surface area contributed by atoms with Crippen molar-refractivity contribution in [2.24, 2.45) is 5.73 Å². The highest BCUT2D eigenvalue weighted by atomic mass is 19.1. The lowest BCUT2D eigenvalue weighted by Gasteiger charge is -2.15.